The maximum Gasteiger partial charge on any atom is 1.00 e. The summed E-state index contributed by atoms with van der Waals surface area (Å²) in [6.45, 7) is 4.68. The standard InChI is InChI=1S/C14H31O4P.Na/c1-3-5-7-8-9-10-11-12-14-18-19(15,16)17-13-6-4-2;/h3-14H2,1-2H3,(H,15,16);/q;+1/p-1. The second-order valence-electron chi connectivity index (χ2n) is 4.94. The van der Waals surface area contributed by atoms with Gasteiger partial charge in [0.2, 0.25) is 0 Å². The minimum absolute atomic E-state index is 0. The van der Waals surface area contributed by atoms with Crippen molar-refractivity contribution < 1.29 is 48.1 Å². The SMILES string of the molecule is CCCCCCCCCCOP(=O)([O-])OCCCC.[Na+]. The first kappa shape index (κ1) is 23.4. The van der Waals surface area contributed by atoms with Crippen molar-refractivity contribution in [3.05, 3.63) is 0 Å². The minimum atomic E-state index is -4.04. The molecule has 0 aromatic rings. The largest absolute Gasteiger partial charge is 1.00 e. The molecule has 0 aliphatic carbocycles. The average Bonchev–Trinajstić information content (AvgIpc) is 2.37. The Morgan fingerprint density at radius 3 is 1.65 bits per heavy atom. The van der Waals surface area contributed by atoms with Crippen molar-refractivity contribution in [3.63, 3.8) is 0 Å². The van der Waals surface area contributed by atoms with E-state index in [1.807, 2.05) is 6.92 Å². The summed E-state index contributed by atoms with van der Waals surface area (Å²) in [6, 6.07) is 0. The fourth-order valence-electron chi connectivity index (χ4n) is 1.77. The van der Waals surface area contributed by atoms with Crippen LogP contribution in [0.5, 0.6) is 0 Å². The van der Waals surface area contributed by atoms with Gasteiger partial charge in [-0.15, -0.1) is 0 Å². The third kappa shape index (κ3) is 17.2. The first-order valence-electron chi connectivity index (χ1n) is 7.72. The van der Waals surface area contributed by atoms with E-state index >= 15 is 0 Å². The molecule has 116 valence electrons. The molecule has 4 nitrogen and oxygen atoms in total. The molecule has 0 aliphatic heterocycles. The molecule has 0 aromatic carbocycles. The van der Waals surface area contributed by atoms with E-state index in [4.69, 9.17) is 9.05 Å². The van der Waals surface area contributed by atoms with Gasteiger partial charge in [-0.3, -0.25) is 4.57 Å². The Labute approximate surface area is 146 Å². The molecule has 0 amide bonds. The molecule has 0 spiro atoms. The van der Waals surface area contributed by atoms with Crippen LogP contribution in [0.25, 0.3) is 0 Å². The van der Waals surface area contributed by atoms with Gasteiger partial charge in [0, 0.05) is 0 Å². The van der Waals surface area contributed by atoms with Gasteiger partial charge in [0.05, 0.1) is 13.2 Å². The first-order chi connectivity index (χ1) is 9.12. The molecule has 20 heavy (non-hydrogen) atoms. The summed E-state index contributed by atoms with van der Waals surface area (Å²) in [7, 11) is -4.04. The van der Waals surface area contributed by atoms with E-state index in [9.17, 15) is 9.46 Å². The van der Waals surface area contributed by atoms with Gasteiger partial charge in [0.1, 0.15) is 0 Å². The normalized spacial score (nSPS) is 13.8. The first-order valence-corrected chi connectivity index (χ1v) is 9.18. The van der Waals surface area contributed by atoms with Crippen LogP contribution < -0.4 is 34.5 Å². The van der Waals surface area contributed by atoms with Crippen LogP contribution in [0.15, 0.2) is 0 Å². The summed E-state index contributed by atoms with van der Waals surface area (Å²) in [5, 5.41) is 0. The molecule has 0 rings (SSSR count). The van der Waals surface area contributed by atoms with Crippen molar-refractivity contribution in [1.29, 1.82) is 0 Å². The minimum Gasteiger partial charge on any atom is -0.756 e. The van der Waals surface area contributed by atoms with Crippen LogP contribution in [0.4, 0.5) is 0 Å². The van der Waals surface area contributed by atoms with E-state index in [0.29, 0.717) is 0 Å². The van der Waals surface area contributed by atoms with Crippen molar-refractivity contribution in [1.82, 2.24) is 0 Å². The Morgan fingerprint density at radius 1 is 0.750 bits per heavy atom. The Bertz CT molecular complexity index is 239. The van der Waals surface area contributed by atoms with Crippen LogP contribution in [-0.2, 0) is 13.6 Å². The van der Waals surface area contributed by atoms with Crippen LogP contribution in [0.2, 0.25) is 0 Å². The van der Waals surface area contributed by atoms with Crippen LogP contribution in [0, 0.1) is 0 Å². The Hall–Kier alpha value is 1.11. The van der Waals surface area contributed by atoms with Gasteiger partial charge in [0.15, 0.2) is 0 Å². The van der Waals surface area contributed by atoms with Crippen molar-refractivity contribution >= 4 is 7.82 Å². The van der Waals surface area contributed by atoms with Crippen molar-refractivity contribution in [2.45, 2.75) is 78.1 Å². The van der Waals surface area contributed by atoms with E-state index < -0.39 is 7.82 Å². The van der Waals surface area contributed by atoms with Gasteiger partial charge in [-0.25, -0.2) is 0 Å². The molecule has 1 atom stereocenters. The molecule has 0 saturated carbocycles. The number of phosphoric ester groups is 1. The second-order valence-corrected chi connectivity index (χ2v) is 6.35. The monoisotopic (exact) mass is 316 g/mol. The Balaban J connectivity index is 0. The topological polar surface area (TPSA) is 58.6 Å². The van der Waals surface area contributed by atoms with Crippen LogP contribution in [0.3, 0.4) is 0 Å². The third-order valence-electron chi connectivity index (χ3n) is 2.99. The fourth-order valence-corrected chi connectivity index (χ4v) is 2.55. The van der Waals surface area contributed by atoms with Crippen molar-refractivity contribution in [3.8, 4) is 0 Å². The second kappa shape index (κ2) is 16.5. The van der Waals surface area contributed by atoms with E-state index in [0.717, 1.165) is 32.1 Å². The van der Waals surface area contributed by atoms with Gasteiger partial charge < -0.3 is 13.9 Å². The molecule has 1 unspecified atom stereocenters. The molecule has 6 heteroatoms. The summed E-state index contributed by atoms with van der Waals surface area (Å²) < 4.78 is 20.8. The maximum atomic E-state index is 11.3. The summed E-state index contributed by atoms with van der Waals surface area (Å²) in [5.41, 5.74) is 0. The molecule has 0 saturated heterocycles. The van der Waals surface area contributed by atoms with Crippen LogP contribution in [-0.4, -0.2) is 13.2 Å². The Kier molecular flexibility index (Phi) is 19.3. The summed E-state index contributed by atoms with van der Waals surface area (Å²) >= 11 is 0. The van der Waals surface area contributed by atoms with Gasteiger partial charge >= 0.3 is 29.6 Å². The van der Waals surface area contributed by atoms with Gasteiger partial charge in [-0.2, -0.15) is 0 Å². The van der Waals surface area contributed by atoms with Crippen LogP contribution >= 0.6 is 7.82 Å². The molecule has 0 radical (unpaired) electrons. The molecular weight excluding hydrogens is 286 g/mol. The van der Waals surface area contributed by atoms with Crippen molar-refractivity contribution in [2.24, 2.45) is 0 Å². The summed E-state index contributed by atoms with van der Waals surface area (Å²) in [6.07, 6.45) is 11.1. The summed E-state index contributed by atoms with van der Waals surface area (Å²) in [4.78, 5) is 11.3. The number of unbranched alkanes of at least 4 members (excludes halogenated alkanes) is 8. The quantitative estimate of drug-likeness (QED) is 0.276. The van der Waals surface area contributed by atoms with E-state index in [1.165, 1.54) is 32.1 Å². The molecule has 0 fully saturated rings. The molecule has 0 aromatic heterocycles. The van der Waals surface area contributed by atoms with Crippen LogP contribution in [0.1, 0.15) is 78.1 Å². The Morgan fingerprint density at radius 2 is 1.15 bits per heavy atom. The van der Waals surface area contributed by atoms with Gasteiger partial charge in [-0.1, -0.05) is 65.2 Å². The van der Waals surface area contributed by atoms with E-state index in [-0.39, 0.29) is 42.8 Å². The molecule has 0 bridgehead atoms. The summed E-state index contributed by atoms with van der Waals surface area (Å²) in [5.74, 6) is 0. The van der Waals surface area contributed by atoms with E-state index in [2.05, 4.69) is 6.92 Å². The predicted molar refractivity (Wildman–Crippen MR) is 77.0 cm³/mol. The number of hydrogen-bond donors (Lipinski definition) is 0. The zero-order chi connectivity index (χ0) is 14.4. The molecule has 0 aliphatic rings. The van der Waals surface area contributed by atoms with Gasteiger partial charge in [-0.05, 0) is 12.8 Å². The average molecular weight is 316 g/mol. The van der Waals surface area contributed by atoms with Gasteiger partial charge in [0.25, 0.3) is 7.82 Å². The molecule has 0 N–H and O–H groups in total. The predicted octanol–water partition coefficient (Wildman–Crippen LogP) is 1.43. The number of hydrogen-bond acceptors (Lipinski definition) is 4. The molecule has 0 heterocycles. The van der Waals surface area contributed by atoms with Crippen molar-refractivity contribution in [2.75, 3.05) is 13.2 Å². The van der Waals surface area contributed by atoms with E-state index in [1.54, 1.807) is 0 Å². The zero-order valence-electron chi connectivity index (χ0n) is 13.6. The zero-order valence-corrected chi connectivity index (χ0v) is 16.5. The third-order valence-corrected chi connectivity index (χ3v) is 3.99. The fraction of sp³-hybridized carbons (Fsp3) is 1.00. The smallest absolute Gasteiger partial charge is 0.756 e. The molecular formula is C14H30NaO4P. The number of rotatable bonds is 14. The maximum absolute atomic E-state index is 11.3. The number of phosphoric acid groups is 1.